The van der Waals surface area contributed by atoms with E-state index in [4.69, 9.17) is 0 Å². The molecule has 0 aliphatic rings. The molecule has 0 heterocycles. The molecule has 2 rings (SSSR count). The minimum Gasteiger partial charge on any atom is -0.545 e. The van der Waals surface area contributed by atoms with Crippen molar-refractivity contribution in [1.29, 1.82) is 0 Å². The highest BCUT2D eigenvalue weighted by molar-refractivity contribution is 5.94. The highest BCUT2D eigenvalue weighted by Crippen LogP contribution is 2.24. The quantitative estimate of drug-likeness (QED) is 0.721. The average molecular weight is 268 g/mol. The molecule has 0 fully saturated rings. The van der Waals surface area contributed by atoms with Gasteiger partial charge in [0.05, 0.1) is 11.9 Å². The summed E-state index contributed by atoms with van der Waals surface area (Å²) in [5.41, 5.74) is 1.22. The van der Waals surface area contributed by atoms with Gasteiger partial charge in [0.15, 0.2) is 6.29 Å². The van der Waals surface area contributed by atoms with Crippen LogP contribution in [0.25, 0.3) is 11.1 Å². The van der Waals surface area contributed by atoms with Crippen LogP contribution in [-0.4, -0.2) is 18.2 Å². The number of carboxylic acid groups (broad SMARTS) is 2. The number of hydrogen-bond acceptors (Lipinski definition) is 5. The first kappa shape index (κ1) is 13.5. The first-order valence-electron chi connectivity index (χ1n) is 5.65. The Balaban J connectivity index is 2.49. The van der Waals surface area contributed by atoms with Gasteiger partial charge in [-0.3, -0.25) is 4.79 Å². The van der Waals surface area contributed by atoms with E-state index in [1.54, 1.807) is 0 Å². The van der Waals surface area contributed by atoms with Crippen molar-refractivity contribution >= 4 is 18.2 Å². The van der Waals surface area contributed by atoms with E-state index in [2.05, 4.69) is 0 Å². The monoisotopic (exact) mass is 268 g/mol. The van der Waals surface area contributed by atoms with E-state index >= 15 is 0 Å². The van der Waals surface area contributed by atoms with Crippen molar-refractivity contribution in [1.82, 2.24) is 0 Å². The predicted octanol–water partition coefficient (Wildman–Crippen LogP) is -0.107. The van der Waals surface area contributed by atoms with Crippen molar-refractivity contribution in [3.63, 3.8) is 0 Å². The highest BCUT2D eigenvalue weighted by atomic mass is 16.4. The standard InChI is InChI=1S/C15H10O5/c16-8-12-7-11(15(19)20)5-6-13(12)9-1-3-10(4-2-9)14(17)18/h1-8H,(H,17,18)(H,19,20)/p-2. The van der Waals surface area contributed by atoms with Gasteiger partial charge >= 0.3 is 0 Å². The Morgan fingerprint density at radius 3 is 1.90 bits per heavy atom. The van der Waals surface area contributed by atoms with Crippen LogP contribution in [0, 0.1) is 0 Å². The Bertz CT molecular complexity index is 686. The summed E-state index contributed by atoms with van der Waals surface area (Å²) in [6, 6.07) is 9.76. The van der Waals surface area contributed by atoms with Gasteiger partial charge in [0.1, 0.15) is 0 Å². The Morgan fingerprint density at radius 1 is 0.850 bits per heavy atom. The van der Waals surface area contributed by atoms with Gasteiger partial charge in [0.2, 0.25) is 0 Å². The number of benzene rings is 2. The molecule has 0 N–H and O–H groups in total. The molecule has 5 nitrogen and oxygen atoms in total. The van der Waals surface area contributed by atoms with Crippen molar-refractivity contribution < 1.29 is 24.6 Å². The number of carboxylic acids is 2. The Kier molecular flexibility index (Phi) is 3.61. The summed E-state index contributed by atoms with van der Waals surface area (Å²) in [6.45, 7) is 0. The van der Waals surface area contributed by atoms with Gasteiger partial charge in [0.25, 0.3) is 0 Å². The zero-order valence-electron chi connectivity index (χ0n) is 10.2. The molecule has 0 saturated carbocycles. The third kappa shape index (κ3) is 2.56. The fourth-order valence-electron chi connectivity index (χ4n) is 1.84. The maximum absolute atomic E-state index is 11.0. The van der Waals surface area contributed by atoms with Crippen LogP contribution in [0.4, 0.5) is 0 Å². The second kappa shape index (κ2) is 5.36. The van der Waals surface area contributed by atoms with Crippen LogP contribution in [0.15, 0.2) is 42.5 Å². The number of aldehydes is 1. The molecule has 0 aliphatic carbocycles. The molecule has 0 radical (unpaired) electrons. The van der Waals surface area contributed by atoms with Gasteiger partial charge in [-0.15, -0.1) is 0 Å². The van der Waals surface area contributed by atoms with E-state index < -0.39 is 11.9 Å². The molecule has 0 aliphatic heterocycles. The van der Waals surface area contributed by atoms with Gasteiger partial charge in [-0.2, -0.15) is 0 Å². The summed E-state index contributed by atoms with van der Waals surface area (Å²) in [7, 11) is 0. The van der Waals surface area contributed by atoms with Crippen LogP contribution in [0.3, 0.4) is 0 Å². The molecule has 0 spiro atoms. The second-order valence-corrected chi connectivity index (χ2v) is 4.07. The zero-order chi connectivity index (χ0) is 14.7. The third-order valence-corrected chi connectivity index (χ3v) is 2.85. The van der Waals surface area contributed by atoms with E-state index in [1.165, 1.54) is 42.5 Å². The molecule has 100 valence electrons. The molecule has 20 heavy (non-hydrogen) atoms. The lowest BCUT2D eigenvalue weighted by Gasteiger charge is -2.10. The van der Waals surface area contributed by atoms with E-state index in [0.29, 0.717) is 17.4 Å². The summed E-state index contributed by atoms with van der Waals surface area (Å²) < 4.78 is 0. The average Bonchev–Trinajstić information content (AvgIpc) is 2.46. The van der Waals surface area contributed by atoms with E-state index in [-0.39, 0.29) is 16.7 Å². The Labute approximate surface area is 114 Å². The van der Waals surface area contributed by atoms with Crippen LogP contribution >= 0.6 is 0 Å². The van der Waals surface area contributed by atoms with Crippen LogP contribution in [-0.2, 0) is 0 Å². The van der Waals surface area contributed by atoms with E-state index in [1.807, 2.05) is 0 Å². The lowest BCUT2D eigenvalue weighted by molar-refractivity contribution is -0.256. The maximum Gasteiger partial charge on any atom is 0.150 e. The van der Waals surface area contributed by atoms with E-state index in [0.717, 1.165) is 0 Å². The number of carbonyl (C=O) groups excluding carboxylic acids is 3. The summed E-state index contributed by atoms with van der Waals surface area (Å²) in [6.07, 6.45) is 0.536. The lowest BCUT2D eigenvalue weighted by atomic mass is 9.97. The molecule has 0 saturated heterocycles. The molecule has 0 bridgehead atoms. The molecule has 5 heteroatoms. The van der Waals surface area contributed by atoms with Gasteiger partial charge < -0.3 is 19.8 Å². The number of rotatable bonds is 4. The molecular weight excluding hydrogens is 260 g/mol. The Morgan fingerprint density at radius 2 is 1.40 bits per heavy atom. The summed E-state index contributed by atoms with van der Waals surface area (Å²) in [5.74, 6) is -2.66. The number of carbonyl (C=O) groups is 3. The van der Waals surface area contributed by atoms with Crippen LogP contribution in [0.5, 0.6) is 0 Å². The molecule has 0 atom stereocenters. The lowest BCUT2D eigenvalue weighted by Crippen LogP contribution is -2.22. The SMILES string of the molecule is O=Cc1cc(C(=O)[O-])ccc1-c1ccc(C(=O)[O-])cc1. The maximum atomic E-state index is 11.0. The van der Waals surface area contributed by atoms with Crippen molar-refractivity contribution in [2.45, 2.75) is 0 Å². The largest absolute Gasteiger partial charge is 0.545 e. The van der Waals surface area contributed by atoms with Gasteiger partial charge in [0, 0.05) is 5.56 Å². The molecule has 0 unspecified atom stereocenters. The van der Waals surface area contributed by atoms with Crippen molar-refractivity contribution in [2.24, 2.45) is 0 Å². The van der Waals surface area contributed by atoms with Crippen LogP contribution < -0.4 is 10.2 Å². The highest BCUT2D eigenvalue weighted by Gasteiger charge is 2.07. The fourth-order valence-corrected chi connectivity index (χ4v) is 1.84. The van der Waals surface area contributed by atoms with Gasteiger partial charge in [-0.05, 0) is 28.3 Å². The summed E-state index contributed by atoms with van der Waals surface area (Å²) in [4.78, 5) is 32.4. The molecule has 0 aromatic heterocycles. The van der Waals surface area contributed by atoms with Gasteiger partial charge in [-0.25, -0.2) is 0 Å². The predicted molar refractivity (Wildman–Crippen MR) is 65.9 cm³/mol. The summed E-state index contributed by atoms with van der Waals surface area (Å²) in [5, 5.41) is 21.4. The molecular formula is C15H8O5-2. The van der Waals surface area contributed by atoms with Gasteiger partial charge in [-0.1, -0.05) is 36.4 Å². The Hall–Kier alpha value is -2.95. The van der Waals surface area contributed by atoms with Crippen molar-refractivity contribution in [2.75, 3.05) is 0 Å². The molecule has 2 aromatic rings. The number of hydrogen-bond donors (Lipinski definition) is 0. The second-order valence-electron chi connectivity index (χ2n) is 4.07. The third-order valence-electron chi connectivity index (χ3n) is 2.85. The first-order chi connectivity index (χ1) is 9.52. The first-order valence-corrected chi connectivity index (χ1v) is 5.65. The molecule has 0 amide bonds. The smallest absolute Gasteiger partial charge is 0.150 e. The van der Waals surface area contributed by atoms with Crippen molar-refractivity contribution in [3.8, 4) is 11.1 Å². The zero-order valence-corrected chi connectivity index (χ0v) is 10.2. The van der Waals surface area contributed by atoms with Crippen LogP contribution in [0.2, 0.25) is 0 Å². The van der Waals surface area contributed by atoms with Crippen LogP contribution in [0.1, 0.15) is 31.1 Å². The minimum atomic E-state index is -1.37. The summed E-state index contributed by atoms with van der Waals surface area (Å²) >= 11 is 0. The normalized spacial score (nSPS) is 10.0. The topological polar surface area (TPSA) is 97.3 Å². The van der Waals surface area contributed by atoms with E-state index in [9.17, 15) is 24.6 Å². The van der Waals surface area contributed by atoms with Crippen molar-refractivity contribution in [3.05, 3.63) is 59.2 Å². The fraction of sp³-hybridized carbons (Fsp3) is 0. The molecule has 2 aromatic carbocycles. The number of aromatic carboxylic acids is 2. The minimum absolute atomic E-state index is 0.0211.